The Labute approximate surface area is 98.0 Å². The maximum absolute atomic E-state index is 11.2. The number of nitrogens with two attached hydrogens (primary N) is 2. The minimum atomic E-state index is -0.935. The van der Waals surface area contributed by atoms with Crippen molar-refractivity contribution in [2.75, 3.05) is 11.1 Å². The lowest BCUT2D eigenvalue weighted by Crippen LogP contribution is -2.45. The Morgan fingerprint density at radius 2 is 2.18 bits per heavy atom. The van der Waals surface area contributed by atoms with Crippen molar-refractivity contribution >= 4 is 28.7 Å². The van der Waals surface area contributed by atoms with E-state index in [1.807, 2.05) is 0 Å². The predicted octanol–water partition coefficient (Wildman–Crippen LogP) is 1.09. The second kappa shape index (κ2) is 3.65. The van der Waals surface area contributed by atoms with Gasteiger partial charge in [-0.05, 0) is 26.0 Å². The van der Waals surface area contributed by atoms with E-state index in [4.69, 9.17) is 15.9 Å². The van der Waals surface area contributed by atoms with Crippen molar-refractivity contribution in [2.45, 2.75) is 19.4 Å². The maximum Gasteiger partial charge on any atom is 0.296 e. The van der Waals surface area contributed by atoms with Gasteiger partial charge in [-0.25, -0.2) is 0 Å². The van der Waals surface area contributed by atoms with E-state index in [9.17, 15) is 4.79 Å². The van der Waals surface area contributed by atoms with Gasteiger partial charge in [0.05, 0.1) is 5.69 Å². The highest BCUT2D eigenvalue weighted by atomic mass is 16.4. The molecular weight excluding hydrogens is 220 g/mol. The second-order valence-corrected chi connectivity index (χ2v) is 4.33. The van der Waals surface area contributed by atoms with Crippen LogP contribution in [0.4, 0.5) is 11.7 Å². The molecule has 1 heterocycles. The van der Waals surface area contributed by atoms with Gasteiger partial charge in [-0.3, -0.25) is 4.79 Å². The van der Waals surface area contributed by atoms with Crippen LogP contribution in [0.25, 0.3) is 11.1 Å². The molecule has 0 aliphatic heterocycles. The molecule has 0 atom stereocenters. The number of oxazole rings is 1. The molecule has 17 heavy (non-hydrogen) atoms. The summed E-state index contributed by atoms with van der Waals surface area (Å²) in [5.41, 5.74) is 11.7. The first kappa shape index (κ1) is 11.3. The average molecular weight is 234 g/mol. The van der Waals surface area contributed by atoms with Crippen molar-refractivity contribution in [3.05, 3.63) is 18.2 Å². The number of aromatic nitrogens is 1. The zero-order valence-electron chi connectivity index (χ0n) is 9.65. The number of anilines is 2. The molecule has 1 aromatic heterocycles. The summed E-state index contributed by atoms with van der Waals surface area (Å²) in [5, 5.41) is 2.83. The summed E-state index contributed by atoms with van der Waals surface area (Å²) in [4.78, 5) is 15.3. The van der Waals surface area contributed by atoms with Gasteiger partial charge in [0.1, 0.15) is 11.1 Å². The fourth-order valence-electron chi connectivity index (χ4n) is 1.35. The molecule has 0 saturated heterocycles. The average Bonchev–Trinajstić information content (AvgIpc) is 2.60. The van der Waals surface area contributed by atoms with Crippen LogP contribution >= 0.6 is 0 Å². The Bertz CT molecular complexity index is 574. The number of fused-ring (bicyclic) bond motifs is 1. The number of hydrogen-bond acceptors (Lipinski definition) is 5. The van der Waals surface area contributed by atoms with Crippen LogP contribution in [0.5, 0.6) is 0 Å². The van der Waals surface area contributed by atoms with Crippen LogP contribution in [0, 0.1) is 0 Å². The van der Waals surface area contributed by atoms with E-state index in [1.54, 1.807) is 32.0 Å². The Morgan fingerprint density at radius 1 is 1.47 bits per heavy atom. The van der Waals surface area contributed by atoms with Gasteiger partial charge in [-0.2, -0.15) is 4.98 Å². The fraction of sp³-hybridized carbons (Fsp3) is 0.273. The van der Waals surface area contributed by atoms with Crippen molar-refractivity contribution in [1.29, 1.82) is 0 Å². The molecule has 0 unspecified atom stereocenters. The number of nitrogens with zero attached hydrogens (tertiary/aromatic N) is 1. The molecule has 0 aliphatic carbocycles. The van der Waals surface area contributed by atoms with Crippen molar-refractivity contribution in [2.24, 2.45) is 5.73 Å². The molecule has 0 bridgehead atoms. The first-order valence-electron chi connectivity index (χ1n) is 5.13. The number of nitrogens with one attached hydrogen (secondary N) is 1. The number of rotatable bonds is 3. The van der Waals surface area contributed by atoms with Crippen molar-refractivity contribution < 1.29 is 9.21 Å². The lowest BCUT2D eigenvalue weighted by Gasteiger charge is -2.20. The molecule has 2 aromatic rings. The van der Waals surface area contributed by atoms with Crippen LogP contribution in [0.2, 0.25) is 0 Å². The molecular formula is C11H14N4O2. The molecule has 1 aromatic carbocycles. The Balaban J connectivity index is 2.38. The number of primary amides is 1. The van der Waals surface area contributed by atoms with Gasteiger partial charge in [-0.1, -0.05) is 6.07 Å². The normalized spacial score (nSPS) is 11.6. The molecule has 6 heteroatoms. The number of amides is 1. The third-order valence-corrected chi connectivity index (χ3v) is 2.49. The summed E-state index contributed by atoms with van der Waals surface area (Å²) in [6.45, 7) is 3.29. The zero-order chi connectivity index (χ0) is 12.6. The molecule has 5 N–H and O–H groups in total. The van der Waals surface area contributed by atoms with Gasteiger partial charge in [0, 0.05) is 0 Å². The Hall–Kier alpha value is -2.24. The van der Waals surface area contributed by atoms with Gasteiger partial charge in [0.15, 0.2) is 5.58 Å². The van der Waals surface area contributed by atoms with Gasteiger partial charge >= 0.3 is 0 Å². The van der Waals surface area contributed by atoms with Crippen LogP contribution in [-0.2, 0) is 4.79 Å². The van der Waals surface area contributed by atoms with E-state index in [0.717, 1.165) is 0 Å². The van der Waals surface area contributed by atoms with E-state index in [2.05, 4.69) is 10.3 Å². The van der Waals surface area contributed by atoms with E-state index in [0.29, 0.717) is 16.8 Å². The number of hydrogen-bond donors (Lipinski definition) is 3. The van der Waals surface area contributed by atoms with Crippen LogP contribution in [0.15, 0.2) is 22.6 Å². The molecule has 6 nitrogen and oxygen atoms in total. The third kappa shape index (κ3) is 2.01. The monoisotopic (exact) mass is 234 g/mol. The number of nitrogen functional groups attached to an aromatic ring is 1. The van der Waals surface area contributed by atoms with E-state index in [1.165, 1.54) is 0 Å². The van der Waals surface area contributed by atoms with Gasteiger partial charge in [-0.15, -0.1) is 0 Å². The number of para-hydroxylation sites is 1. The summed E-state index contributed by atoms with van der Waals surface area (Å²) in [7, 11) is 0. The molecule has 2 rings (SSSR count). The topological polar surface area (TPSA) is 107 Å². The zero-order valence-corrected chi connectivity index (χ0v) is 9.65. The van der Waals surface area contributed by atoms with Crippen molar-refractivity contribution in [3.8, 4) is 0 Å². The maximum atomic E-state index is 11.2. The minimum absolute atomic E-state index is 0.224. The number of carbonyl (C=O) groups excluding carboxylic acids is 1. The molecule has 0 radical (unpaired) electrons. The molecule has 0 fully saturated rings. The Kier molecular flexibility index (Phi) is 2.42. The van der Waals surface area contributed by atoms with Crippen LogP contribution in [0.1, 0.15) is 13.8 Å². The largest absolute Gasteiger partial charge is 0.423 e. The Morgan fingerprint density at radius 3 is 2.76 bits per heavy atom. The summed E-state index contributed by atoms with van der Waals surface area (Å²) in [6, 6.07) is 5.47. The van der Waals surface area contributed by atoms with Crippen molar-refractivity contribution in [1.82, 2.24) is 4.98 Å². The van der Waals surface area contributed by atoms with Crippen LogP contribution < -0.4 is 16.8 Å². The van der Waals surface area contributed by atoms with Gasteiger partial charge in [0.25, 0.3) is 6.01 Å². The number of carbonyl (C=O) groups is 1. The summed E-state index contributed by atoms with van der Waals surface area (Å²) < 4.78 is 5.42. The summed E-state index contributed by atoms with van der Waals surface area (Å²) >= 11 is 0. The first-order chi connectivity index (χ1) is 7.90. The highest BCUT2D eigenvalue weighted by Crippen LogP contribution is 2.25. The van der Waals surface area contributed by atoms with Crippen molar-refractivity contribution in [3.63, 3.8) is 0 Å². The fourth-order valence-corrected chi connectivity index (χ4v) is 1.35. The van der Waals surface area contributed by atoms with Crippen LogP contribution in [0.3, 0.4) is 0 Å². The lowest BCUT2D eigenvalue weighted by atomic mass is 10.1. The minimum Gasteiger partial charge on any atom is -0.423 e. The van der Waals surface area contributed by atoms with E-state index < -0.39 is 11.4 Å². The molecule has 0 aliphatic rings. The molecule has 0 saturated carbocycles. The quantitative estimate of drug-likeness (QED) is 0.689. The molecule has 1 amide bonds. The van der Waals surface area contributed by atoms with Gasteiger partial charge < -0.3 is 21.2 Å². The summed E-state index contributed by atoms with van der Waals surface area (Å²) in [6.07, 6.45) is 0. The standard InChI is InChI=1S/C11H14N4O2/c1-11(2,9(13)16)15-10-14-8-6(12)4-3-5-7(8)17-10/h3-5H,12H2,1-2H3,(H2,13,16)(H,14,15). The third-order valence-electron chi connectivity index (χ3n) is 2.49. The van der Waals surface area contributed by atoms with Gasteiger partial charge in [0.2, 0.25) is 5.91 Å². The first-order valence-corrected chi connectivity index (χ1v) is 5.13. The highest BCUT2D eigenvalue weighted by Gasteiger charge is 2.26. The molecule has 90 valence electrons. The molecule has 0 spiro atoms. The van der Waals surface area contributed by atoms with E-state index >= 15 is 0 Å². The number of benzene rings is 1. The van der Waals surface area contributed by atoms with E-state index in [-0.39, 0.29) is 6.01 Å². The highest BCUT2D eigenvalue weighted by molar-refractivity contribution is 5.88. The SMILES string of the molecule is CC(C)(Nc1nc2c(N)cccc2o1)C(N)=O. The summed E-state index contributed by atoms with van der Waals surface area (Å²) in [5.74, 6) is -0.493. The smallest absolute Gasteiger partial charge is 0.296 e. The predicted molar refractivity (Wildman–Crippen MR) is 65.3 cm³/mol. The lowest BCUT2D eigenvalue weighted by molar-refractivity contribution is -0.121. The van der Waals surface area contributed by atoms with Crippen LogP contribution in [-0.4, -0.2) is 16.4 Å². The second-order valence-electron chi connectivity index (χ2n) is 4.33.